The molecule has 1 amide bonds. The Balaban J connectivity index is 1.42. The minimum Gasteiger partial charge on any atom is -0.360 e. The van der Waals surface area contributed by atoms with Crippen LogP contribution in [0.25, 0.3) is 22.0 Å². The summed E-state index contributed by atoms with van der Waals surface area (Å²) >= 11 is 0. The van der Waals surface area contributed by atoms with Gasteiger partial charge in [-0.2, -0.15) is 5.10 Å². The molecule has 0 aliphatic carbocycles. The van der Waals surface area contributed by atoms with Crippen LogP contribution in [-0.4, -0.2) is 39.6 Å². The van der Waals surface area contributed by atoms with Crippen molar-refractivity contribution < 1.29 is 17.7 Å². The third-order valence-corrected chi connectivity index (χ3v) is 8.20. The minimum absolute atomic E-state index is 0.116. The molecule has 0 aliphatic rings. The fourth-order valence-electron chi connectivity index (χ4n) is 4.41. The lowest BCUT2D eigenvalue weighted by molar-refractivity contribution is -0.113. The van der Waals surface area contributed by atoms with Gasteiger partial charge in [-0.05, 0) is 43.5 Å². The monoisotopic (exact) mass is 531 g/mol. The molecular weight excluding hydrogens is 502 g/mol. The van der Waals surface area contributed by atoms with E-state index in [2.05, 4.69) is 41.7 Å². The highest BCUT2D eigenvalue weighted by Crippen LogP contribution is 2.28. The molecule has 0 saturated heterocycles. The highest BCUT2D eigenvalue weighted by atomic mass is 32.2. The van der Waals surface area contributed by atoms with Crippen LogP contribution in [0.5, 0.6) is 0 Å². The lowest BCUT2D eigenvalue weighted by atomic mass is 10.1. The second-order valence-electron chi connectivity index (χ2n) is 9.44. The molecular formula is C28H29N5O4S. The minimum atomic E-state index is -3.93. The third-order valence-electron chi connectivity index (χ3n) is 6.56. The molecule has 3 aromatic heterocycles. The average Bonchev–Trinajstić information content (AvgIpc) is 3.63. The Morgan fingerprint density at radius 3 is 2.66 bits per heavy atom. The first-order valence-electron chi connectivity index (χ1n) is 12.4. The molecule has 0 bridgehead atoms. The van der Waals surface area contributed by atoms with Gasteiger partial charge in [0.1, 0.15) is 11.5 Å². The Kier molecular flexibility index (Phi) is 6.90. The van der Waals surface area contributed by atoms with E-state index in [1.165, 1.54) is 6.07 Å². The standard InChI is InChI=1S/C28H29N5O4S/c1-4-19(2)33-16-23(14-29-33)22-9-7-8-21(13-22)15-32-17-26(24-10-5-6-11-25(24)32)38(35,36)18-28(34)30-27-12-20(3)37-31-27/h5-14,16-17,19H,4,15,18H2,1-3H3,(H,30,31,34). The number of carbonyl (C=O) groups excluding carboxylic acids is 1. The van der Waals surface area contributed by atoms with E-state index in [0.717, 1.165) is 28.6 Å². The van der Waals surface area contributed by atoms with Crippen LogP contribution in [-0.2, 0) is 21.2 Å². The van der Waals surface area contributed by atoms with Crippen LogP contribution in [0, 0.1) is 6.92 Å². The number of sulfone groups is 1. The van der Waals surface area contributed by atoms with Crippen molar-refractivity contribution in [3.8, 4) is 11.1 Å². The summed E-state index contributed by atoms with van der Waals surface area (Å²) in [7, 11) is -3.93. The van der Waals surface area contributed by atoms with E-state index < -0.39 is 21.5 Å². The molecule has 0 saturated carbocycles. The first-order chi connectivity index (χ1) is 18.2. The van der Waals surface area contributed by atoms with Gasteiger partial charge >= 0.3 is 0 Å². The van der Waals surface area contributed by atoms with Crippen LogP contribution in [0.2, 0.25) is 0 Å². The Morgan fingerprint density at radius 2 is 1.89 bits per heavy atom. The number of para-hydroxylation sites is 1. The van der Waals surface area contributed by atoms with Crippen molar-refractivity contribution in [2.24, 2.45) is 0 Å². The van der Waals surface area contributed by atoms with Gasteiger partial charge in [0.25, 0.3) is 0 Å². The van der Waals surface area contributed by atoms with Crippen LogP contribution in [0.15, 0.2) is 82.6 Å². The molecule has 1 N–H and O–H groups in total. The predicted molar refractivity (Wildman–Crippen MR) is 146 cm³/mol. The Morgan fingerprint density at radius 1 is 1.08 bits per heavy atom. The zero-order chi connectivity index (χ0) is 26.9. The van der Waals surface area contributed by atoms with Crippen molar-refractivity contribution in [2.45, 2.75) is 44.7 Å². The summed E-state index contributed by atoms with van der Waals surface area (Å²) < 4.78 is 35.4. The summed E-state index contributed by atoms with van der Waals surface area (Å²) in [5.74, 6) is -0.692. The summed E-state index contributed by atoms with van der Waals surface area (Å²) in [5, 5.41) is 11.2. The SMILES string of the molecule is CCC(C)n1cc(-c2cccc(Cn3cc(S(=O)(=O)CC(=O)Nc4cc(C)on4)c4ccccc43)c2)cn1. The van der Waals surface area contributed by atoms with Gasteiger partial charge in [0, 0.05) is 47.5 Å². The zero-order valence-corrected chi connectivity index (χ0v) is 22.3. The number of amides is 1. The van der Waals surface area contributed by atoms with Crippen molar-refractivity contribution in [3.63, 3.8) is 0 Å². The van der Waals surface area contributed by atoms with Gasteiger partial charge in [0.2, 0.25) is 5.91 Å². The normalized spacial score (nSPS) is 12.6. The molecule has 10 heteroatoms. The van der Waals surface area contributed by atoms with E-state index in [1.54, 1.807) is 25.3 Å². The van der Waals surface area contributed by atoms with Gasteiger partial charge in [-0.25, -0.2) is 8.42 Å². The molecule has 3 heterocycles. The van der Waals surface area contributed by atoms with Gasteiger partial charge in [-0.3, -0.25) is 9.48 Å². The molecule has 0 radical (unpaired) electrons. The summed E-state index contributed by atoms with van der Waals surface area (Å²) in [6.45, 7) is 6.42. The third kappa shape index (κ3) is 5.26. The Hall–Kier alpha value is -4.18. The highest BCUT2D eigenvalue weighted by molar-refractivity contribution is 7.92. The Labute approximate surface area is 221 Å². The number of hydrogen-bond donors (Lipinski definition) is 1. The van der Waals surface area contributed by atoms with Gasteiger partial charge in [-0.15, -0.1) is 0 Å². The van der Waals surface area contributed by atoms with E-state index in [4.69, 9.17) is 4.52 Å². The summed E-state index contributed by atoms with van der Waals surface area (Å²) in [5.41, 5.74) is 3.86. The number of aryl methyl sites for hydroxylation is 1. The average molecular weight is 532 g/mol. The molecule has 5 aromatic rings. The maximum Gasteiger partial charge on any atom is 0.241 e. The topological polar surface area (TPSA) is 112 Å². The van der Waals surface area contributed by atoms with Crippen LogP contribution < -0.4 is 5.32 Å². The quantitative estimate of drug-likeness (QED) is 0.279. The molecule has 0 fully saturated rings. The van der Waals surface area contributed by atoms with Crippen molar-refractivity contribution in [2.75, 3.05) is 11.1 Å². The van der Waals surface area contributed by atoms with Gasteiger partial charge in [-0.1, -0.05) is 48.5 Å². The molecule has 9 nitrogen and oxygen atoms in total. The second-order valence-corrected chi connectivity index (χ2v) is 11.4. The molecule has 1 atom stereocenters. The van der Waals surface area contributed by atoms with Crippen LogP contribution in [0.4, 0.5) is 5.82 Å². The number of fused-ring (bicyclic) bond motifs is 1. The van der Waals surface area contributed by atoms with Crippen molar-refractivity contribution in [1.82, 2.24) is 19.5 Å². The molecule has 38 heavy (non-hydrogen) atoms. The number of nitrogens with one attached hydrogen (secondary N) is 1. The fourth-order valence-corrected chi connectivity index (χ4v) is 5.78. The van der Waals surface area contributed by atoms with E-state index >= 15 is 0 Å². The van der Waals surface area contributed by atoms with Gasteiger partial charge in [0.15, 0.2) is 15.7 Å². The van der Waals surface area contributed by atoms with Crippen molar-refractivity contribution >= 4 is 32.5 Å². The van der Waals surface area contributed by atoms with E-state index in [1.807, 2.05) is 45.8 Å². The summed E-state index contributed by atoms with van der Waals surface area (Å²) in [4.78, 5) is 12.6. The fraction of sp³-hybridized carbons (Fsp3) is 0.250. The summed E-state index contributed by atoms with van der Waals surface area (Å²) in [6.07, 6.45) is 6.52. The lowest BCUT2D eigenvalue weighted by Gasteiger charge is -2.09. The number of nitrogens with zero attached hydrogens (tertiary/aromatic N) is 4. The highest BCUT2D eigenvalue weighted by Gasteiger charge is 2.25. The molecule has 5 rings (SSSR count). The van der Waals surface area contributed by atoms with E-state index in [-0.39, 0.29) is 10.7 Å². The number of aromatic nitrogens is 4. The van der Waals surface area contributed by atoms with Crippen LogP contribution in [0.1, 0.15) is 37.6 Å². The molecule has 1 unspecified atom stereocenters. The van der Waals surface area contributed by atoms with E-state index in [9.17, 15) is 13.2 Å². The molecule has 0 spiro atoms. The zero-order valence-electron chi connectivity index (χ0n) is 21.5. The molecule has 196 valence electrons. The summed E-state index contributed by atoms with van der Waals surface area (Å²) in [6, 6.07) is 17.3. The maximum absolute atomic E-state index is 13.3. The van der Waals surface area contributed by atoms with E-state index in [0.29, 0.717) is 23.7 Å². The Bertz CT molecular complexity index is 1710. The first kappa shape index (κ1) is 25.5. The second kappa shape index (κ2) is 10.3. The molecule has 0 aliphatic heterocycles. The number of anilines is 1. The number of hydrogen-bond acceptors (Lipinski definition) is 6. The predicted octanol–water partition coefficient (Wildman–Crippen LogP) is 5.23. The van der Waals surface area contributed by atoms with Crippen molar-refractivity contribution in [1.29, 1.82) is 0 Å². The van der Waals surface area contributed by atoms with Crippen LogP contribution in [0.3, 0.4) is 0 Å². The largest absolute Gasteiger partial charge is 0.360 e. The number of carbonyl (C=O) groups is 1. The smallest absolute Gasteiger partial charge is 0.241 e. The number of benzene rings is 2. The van der Waals surface area contributed by atoms with Gasteiger partial charge < -0.3 is 14.4 Å². The first-order valence-corrected chi connectivity index (χ1v) is 14.1. The van der Waals surface area contributed by atoms with Crippen LogP contribution >= 0.6 is 0 Å². The van der Waals surface area contributed by atoms with Crippen molar-refractivity contribution in [3.05, 3.63) is 84.5 Å². The van der Waals surface area contributed by atoms with Gasteiger partial charge in [0.05, 0.1) is 11.1 Å². The lowest BCUT2D eigenvalue weighted by Crippen LogP contribution is -2.23. The molecule has 2 aromatic carbocycles. The number of rotatable bonds is 9. The maximum atomic E-state index is 13.3.